The Labute approximate surface area is 172 Å². The minimum absolute atomic E-state index is 0.00746. The number of hydrogen-bond donors (Lipinski definition) is 1. The van der Waals surface area contributed by atoms with Gasteiger partial charge in [0, 0.05) is 15.5 Å². The number of carbonyl (C=O) groups excluding carboxylic acids is 1. The van der Waals surface area contributed by atoms with Crippen LogP contribution in [0.5, 0.6) is 0 Å². The van der Waals surface area contributed by atoms with Crippen molar-refractivity contribution in [2.24, 2.45) is 5.92 Å². The fourth-order valence-electron chi connectivity index (χ4n) is 3.37. The number of aryl methyl sites for hydroxylation is 1. The molecule has 1 aromatic heterocycles. The first-order valence-corrected chi connectivity index (χ1v) is 10.5. The molecule has 1 atom stereocenters. The number of nitrogens with zero attached hydrogens (tertiary/aromatic N) is 1. The lowest BCUT2D eigenvalue weighted by molar-refractivity contribution is -0.121. The van der Waals surface area contributed by atoms with Crippen LogP contribution in [0.1, 0.15) is 34.3 Å². The van der Waals surface area contributed by atoms with Gasteiger partial charge in [-0.25, -0.2) is 9.37 Å². The van der Waals surface area contributed by atoms with Crippen molar-refractivity contribution in [3.8, 4) is 11.3 Å². The Bertz CT molecular complexity index is 981. The summed E-state index contributed by atoms with van der Waals surface area (Å²) in [6.45, 7) is 1.92. The van der Waals surface area contributed by atoms with E-state index in [4.69, 9.17) is 11.6 Å². The molecule has 28 heavy (non-hydrogen) atoms. The molecule has 1 N–H and O–H groups in total. The van der Waals surface area contributed by atoms with Crippen molar-refractivity contribution in [2.45, 2.75) is 32.2 Å². The smallest absolute Gasteiger partial charge is 0.225 e. The maximum Gasteiger partial charge on any atom is 0.225 e. The Morgan fingerprint density at radius 1 is 1.21 bits per heavy atom. The number of halogens is 2. The maximum atomic E-state index is 13.2. The van der Waals surface area contributed by atoms with Crippen molar-refractivity contribution in [1.29, 1.82) is 0 Å². The van der Waals surface area contributed by atoms with Crippen LogP contribution in [-0.4, -0.2) is 10.9 Å². The van der Waals surface area contributed by atoms with Crippen LogP contribution in [0.25, 0.3) is 11.3 Å². The minimum Gasteiger partial charge on any atom is -0.349 e. The molecule has 0 bridgehead atoms. The van der Waals surface area contributed by atoms with Gasteiger partial charge >= 0.3 is 0 Å². The van der Waals surface area contributed by atoms with Crippen LogP contribution < -0.4 is 5.32 Å². The molecular formula is C22H20ClFN2OS. The van der Waals surface area contributed by atoms with Crippen molar-refractivity contribution in [3.63, 3.8) is 0 Å². The molecule has 2 aromatic carbocycles. The molecule has 0 radical (unpaired) electrons. The van der Waals surface area contributed by atoms with E-state index in [2.05, 4.69) is 10.3 Å². The second-order valence-corrected chi connectivity index (χ2v) is 8.85. The Balaban J connectivity index is 1.52. The van der Waals surface area contributed by atoms with Gasteiger partial charge in [0.05, 0.1) is 23.2 Å². The van der Waals surface area contributed by atoms with Crippen molar-refractivity contribution in [1.82, 2.24) is 10.3 Å². The number of nitrogens with one attached hydrogen (secondary N) is 1. The van der Waals surface area contributed by atoms with Crippen molar-refractivity contribution in [3.05, 3.63) is 74.8 Å². The van der Waals surface area contributed by atoms with Crippen molar-refractivity contribution >= 4 is 28.8 Å². The predicted octanol–water partition coefficient (Wildman–Crippen LogP) is 5.72. The van der Waals surface area contributed by atoms with Gasteiger partial charge in [-0.1, -0.05) is 23.7 Å². The summed E-state index contributed by atoms with van der Waals surface area (Å²) in [6.07, 6.45) is 2.50. The first kappa shape index (κ1) is 19.1. The number of benzene rings is 2. The zero-order chi connectivity index (χ0) is 19.7. The van der Waals surface area contributed by atoms with Crippen LogP contribution in [0.3, 0.4) is 0 Å². The summed E-state index contributed by atoms with van der Waals surface area (Å²) in [4.78, 5) is 18.3. The molecule has 1 amide bonds. The number of amides is 1. The normalized spacial score (nSPS) is 14.7. The summed E-state index contributed by atoms with van der Waals surface area (Å²) in [6, 6.07) is 13.9. The lowest BCUT2D eigenvalue weighted by Gasteiger charge is -2.19. The molecule has 6 heteroatoms. The number of thiazole rings is 1. The SMILES string of the molecule is Cc1nc(-c2ccc(F)cc2)c(CC(=O)N[C@H](c2ccc(Cl)cc2)C2CC2)s1. The molecule has 1 heterocycles. The van der Waals surface area contributed by atoms with Crippen LogP contribution in [-0.2, 0) is 11.2 Å². The van der Waals surface area contributed by atoms with Gasteiger partial charge in [0.15, 0.2) is 0 Å². The molecule has 144 valence electrons. The van der Waals surface area contributed by atoms with Gasteiger partial charge in [-0.05, 0) is 67.6 Å². The Morgan fingerprint density at radius 2 is 1.89 bits per heavy atom. The fourth-order valence-corrected chi connectivity index (χ4v) is 4.45. The van der Waals surface area contributed by atoms with Crippen LogP contribution in [0.15, 0.2) is 48.5 Å². The van der Waals surface area contributed by atoms with Gasteiger partial charge in [-0.15, -0.1) is 11.3 Å². The number of rotatable bonds is 6. The molecule has 0 aliphatic heterocycles. The van der Waals surface area contributed by atoms with Gasteiger partial charge in [0.25, 0.3) is 0 Å². The van der Waals surface area contributed by atoms with Gasteiger partial charge in [-0.3, -0.25) is 4.79 Å². The first-order valence-electron chi connectivity index (χ1n) is 9.26. The highest BCUT2D eigenvalue weighted by Gasteiger charge is 2.33. The van der Waals surface area contributed by atoms with E-state index < -0.39 is 0 Å². The zero-order valence-corrected chi connectivity index (χ0v) is 17.0. The highest BCUT2D eigenvalue weighted by Crippen LogP contribution is 2.41. The molecule has 1 saturated carbocycles. The van der Waals surface area contributed by atoms with Gasteiger partial charge in [-0.2, -0.15) is 0 Å². The third kappa shape index (κ3) is 4.42. The molecule has 1 fully saturated rings. The number of carbonyl (C=O) groups is 1. The van der Waals surface area contributed by atoms with Crippen LogP contribution in [0.2, 0.25) is 5.02 Å². The number of aromatic nitrogens is 1. The third-order valence-electron chi connectivity index (χ3n) is 4.88. The molecule has 1 aliphatic rings. The van der Waals surface area contributed by atoms with E-state index in [9.17, 15) is 9.18 Å². The summed E-state index contributed by atoms with van der Waals surface area (Å²) >= 11 is 7.50. The Kier molecular flexibility index (Phi) is 5.47. The van der Waals surface area contributed by atoms with E-state index in [1.54, 1.807) is 12.1 Å². The summed E-state index contributed by atoms with van der Waals surface area (Å²) in [7, 11) is 0. The standard InChI is InChI=1S/C22H20ClFN2OS/c1-13-25-22(16-6-10-18(24)11-7-16)19(28-13)12-20(27)26-21(14-2-3-14)15-4-8-17(23)9-5-15/h4-11,14,21H,2-3,12H2,1H3,(H,26,27)/t21-/m0/s1. The summed E-state index contributed by atoms with van der Waals surface area (Å²) in [5.74, 6) is 0.161. The van der Waals surface area contributed by atoms with Crippen LogP contribution in [0, 0.1) is 18.7 Å². The van der Waals surface area contributed by atoms with Crippen LogP contribution >= 0.6 is 22.9 Å². The van der Waals surface area contributed by atoms with Crippen molar-refractivity contribution < 1.29 is 9.18 Å². The summed E-state index contributed by atoms with van der Waals surface area (Å²) < 4.78 is 13.2. The van der Waals surface area contributed by atoms with E-state index in [1.807, 2.05) is 31.2 Å². The van der Waals surface area contributed by atoms with E-state index in [0.717, 1.165) is 39.5 Å². The summed E-state index contributed by atoms with van der Waals surface area (Å²) in [5, 5.41) is 4.77. The quantitative estimate of drug-likeness (QED) is 0.560. The molecule has 0 unspecified atom stereocenters. The lowest BCUT2D eigenvalue weighted by Crippen LogP contribution is -2.31. The minimum atomic E-state index is -0.287. The molecule has 0 saturated heterocycles. The predicted molar refractivity (Wildman–Crippen MR) is 111 cm³/mol. The third-order valence-corrected chi connectivity index (χ3v) is 6.10. The van der Waals surface area contributed by atoms with Crippen LogP contribution in [0.4, 0.5) is 4.39 Å². The van der Waals surface area contributed by atoms with E-state index in [0.29, 0.717) is 10.9 Å². The van der Waals surface area contributed by atoms with Crippen molar-refractivity contribution in [2.75, 3.05) is 0 Å². The summed E-state index contributed by atoms with van der Waals surface area (Å²) in [5.41, 5.74) is 2.66. The Hall–Kier alpha value is -2.24. The van der Waals surface area contributed by atoms with Gasteiger partial charge < -0.3 is 5.32 Å². The average Bonchev–Trinajstić information content (AvgIpc) is 3.45. The second-order valence-electron chi connectivity index (χ2n) is 7.12. The first-order chi connectivity index (χ1) is 13.5. The highest BCUT2D eigenvalue weighted by molar-refractivity contribution is 7.12. The monoisotopic (exact) mass is 414 g/mol. The fraction of sp³-hybridized carbons (Fsp3) is 0.273. The molecule has 3 aromatic rings. The molecule has 3 nitrogen and oxygen atoms in total. The van der Waals surface area contributed by atoms with E-state index >= 15 is 0 Å². The Morgan fingerprint density at radius 3 is 2.54 bits per heavy atom. The zero-order valence-electron chi connectivity index (χ0n) is 15.4. The number of hydrogen-bond acceptors (Lipinski definition) is 3. The molecule has 4 rings (SSSR count). The van der Waals surface area contributed by atoms with Gasteiger partial charge in [0.1, 0.15) is 5.82 Å². The molecule has 1 aliphatic carbocycles. The largest absolute Gasteiger partial charge is 0.349 e. The molecular weight excluding hydrogens is 395 g/mol. The van der Waals surface area contributed by atoms with Gasteiger partial charge in [0.2, 0.25) is 5.91 Å². The average molecular weight is 415 g/mol. The lowest BCUT2D eigenvalue weighted by atomic mass is 10.0. The topological polar surface area (TPSA) is 42.0 Å². The van der Waals surface area contributed by atoms with E-state index in [-0.39, 0.29) is 24.2 Å². The second kappa shape index (κ2) is 8.02. The highest BCUT2D eigenvalue weighted by atomic mass is 35.5. The molecule has 0 spiro atoms. The van der Waals surface area contributed by atoms with E-state index in [1.165, 1.54) is 23.5 Å². The maximum absolute atomic E-state index is 13.2.